The van der Waals surface area contributed by atoms with Crippen LogP contribution in [0.4, 0.5) is 0 Å². The second-order valence-corrected chi connectivity index (χ2v) is 9.39. The molecule has 2 aliphatic heterocycles. The number of likely N-dealkylation sites (tertiary alicyclic amines) is 1. The van der Waals surface area contributed by atoms with Crippen molar-refractivity contribution in [2.24, 2.45) is 0 Å². The number of ketones is 1. The van der Waals surface area contributed by atoms with Gasteiger partial charge in [0.15, 0.2) is 23.0 Å². The zero-order chi connectivity index (χ0) is 27.8. The second-order valence-electron chi connectivity index (χ2n) is 9.39. The molecule has 4 rings (SSSR count). The Bertz CT molecular complexity index is 1210. The number of carbonyl (C=O) groups excluding carboxylic acids is 2. The van der Waals surface area contributed by atoms with Gasteiger partial charge in [0, 0.05) is 25.8 Å². The van der Waals surface area contributed by atoms with E-state index in [2.05, 4.69) is 6.92 Å². The van der Waals surface area contributed by atoms with Crippen LogP contribution >= 0.6 is 0 Å². The summed E-state index contributed by atoms with van der Waals surface area (Å²) in [7, 11) is 1.58. The first-order valence-corrected chi connectivity index (χ1v) is 13.6. The highest BCUT2D eigenvalue weighted by Crippen LogP contribution is 2.43. The summed E-state index contributed by atoms with van der Waals surface area (Å²) in [6, 6.07) is 9.54. The summed E-state index contributed by atoms with van der Waals surface area (Å²) < 4.78 is 28.3. The Balaban J connectivity index is 1.76. The summed E-state index contributed by atoms with van der Waals surface area (Å²) in [6.07, 6.45) is 3.61. The molecule has 1 saturated heterocycles. The number of carbonyl (C=O) groups is 2. The minimum Gasteiger partial charge on any atom is -0.507 e. The van der Waals surface area contributed by atoms with Gasteiger partial charge >= 0.3 is 0 Å². The molecule has 2 aliphatic rings. The molecular formula is C30H37NO8. The molecular weight excluding hydrogens is 502 g/mol. The molecule has 1 fully saturated rings. The number of benzene rings is 2. The normalized spacial score (nSPS) is 17.9. The van der Waals surface area contributed by atoms with Crippen LogP contribution in [0.5, 0.6) is 23.0 Å². The molecule has 2 aromatic carbocycles. The number of unbranched alkanes of at least 4 members (excludes halogenated alkanes) is 2. The highest BCUT2D eigenvalue weighted by atomic mass is 16.6. The van der Waals surface area contributed by atoms with Crippen LogP contribution in [0.25, 0.3) is 5.76 Å². The van der Waals surface area contributed by atoms with Crippen molar-refractivity contribution in [3.63, 3.8) is 0 Å². The van der Waals surface area contributed by atoms with Crippen LogP contribution in [-0.4, -0.2) is 68.4 Å². The third kappa shape index (κ3) is 6.30. The minimum atomic E-state index is -0.816. The van der Waals surface area contributed by atoms with Gasteiger partial charge in [-0.25, -0.2) is 0 Å². The molecule has 2 aromatic rings. The molecule has 0 saturated carbocycles. The Morgan fingerprint density at radius 3 is 2.49 bits per heavy atom. The number of aliphatic hydroxyl groups excluding tert-OH is 1. The highest BCUT2D eigenvalue weighted by Gasteiger charge is 2.46. The number of methoxy groups -OCH3 is 1. The third-order valence-electron chi connectivity index (χ3n) is 6.69. The Hall–Kier alpha value is -3.72. The molecule has 1 atom stereocenters. The van der Waals surface area contributed by atoms with Crippen LogP contribution in [-0.2, 0) is 14.3 Å². The zero-order valence-corrected chi connectivity index (χ0v) is 22.9. The average Bonchev–Trinajstić information content (AvgIpc) is 3.20. The van der Waals surface area contributed by atoms with Crippen molar-refractivity contribution in [3.05, 3.63) is 53.1 Å². The number of hydrogen-bond donors (Lipinski definition) is 1. The van der Waals surface area contributed by atoms with Crippen LogP contribution in [0.2, 0.25) is 0 Å². The fraction of sp³-hybridized carbons (Fsp3) is 0.467. The highest BCUT2D eigenvalue weighted by molar-refractivity contribution is 6.46. The van der Waals surface area contributed by atoms with Gasteiger partial charge in [-0.05, 0) is 55.7 Å². The van der Waals surface area contributed by atoms with E-state index in [-0.39, 0.29) is 17.9 Å². The number of fused-ring (bicyclic) bond motifs is 1. The van der Waals surface area contributed by atoms with Crippen LogP contribution in [0.3, 0.4) is 0 Å². The minimum absolute atomic E-state index is 0.00755. The lowest BCUT2D eigenvalue weighted by Crippen LogP contribution is -2.31. The monoisotopic (exact) mass is 539 g/mol. The Kier molecular flexibility index (Phi) is 9.70. The molecule has 0 radical (unpaired) electrons. The van der Waals surface area contributed by atoms with Gasteiger partial charge in [0.2, 0.25) is 0 Å². The van der Waals surface area contributed by atoms with E-state index in [0.29, 0.717) is 73.6 Å². The number of Topliss-reactive ketones (excluding diaryl/α,β-unsaturated/α-hetero) is 1. The molecule has 0 bridgehead atoms. The summed E-state index contributed by atoms with van der Waals surface area (Å²) in [6.45, 7) is 6.51. The molecule has 0 aliphatic carbocycles. The maximum atomic E-state index is 13.4. The molecule has 2 heterocycles. The standard InChI is InChI=1S/C30H37NO8/c1-4-6-7-15-37-22-11-9-20(18-24(22)36-5-2)27-26(29(33)30(34)31(27)13-8-14-35-3)28(32)21-10-12-23-25(19-21)39-17-16-38-23/h9-12,18-19,27,32H,4-8,13-17H2,1-3H3/b28-26+. The van der Waals surface area contributed by atoms with Crippen molar-refractivity contribution in [2.45, 2.75) is 45.6 Å². The summed E-state index contributed by atoms with van der Waals surface area (Å²) in [5.41, 5.74) is 1.00. The summed E-state index contributed by atoms with van der Waals surface area (Å²) >= 11 is 0. The number of ether oxygens (including phenoxy) is 5. The van der Waals surface area contributed by atoms with Gasteiger partial charge in [-0.3, -0.25) is 9.59 Å². The van der Waals surface area contributed by atoms with Crippen molar-refractivity contribution in [3.8, 4) is 23.0 Å². The first-order chi connectivity index (χ1) is 19.0. The van der Waals surface area contributed by atoms with Crippen molar-refractivity contribution >= 4 is 17.4 Å². The Labute approximate surface area is 229 Å². The van der Waals surface area contributed by atoms with Crippen molar-refractivity contribution < 1.29 is 38.4 Å². The number of amides is 1. The van der Waals surface area contributed by atoms with E-state index in [1.165, 1.54) is 4.90 Å². The van der Waals surface area contributed by atoms with Crippen molar-refractivity contribution in [1.82, 2.24) is 4.90 Å². The SMILES string of the molecule is CCCCCOc1ccc(C2/C(=C(\O)c3ccc4c(c3)OCCO4)C(=O)C(=O)N2CCCOC)cc1OCC. The Morgan fingerprint density at radius 1 is 0.949 bits per heavy atom. The van der Waals surface area contributed by atoms with Crippen LogP contribution in [0, 0.1) is 0 Å². The number of aliphatic hydroxyl groups is 1. The quantitative estimate of drug-likeness (QED) is 0.166. The van der Waals surface area contributed by atoms with Crippen LogP contribution < -0.4 is 18.9 Å². The molecule has 0 aromatic heterocycles. The molecule has 1 N–H and O–H groups in total. The van der Waals surface area contributed by atoms with Gasteiger partial charge in [-0.2, -0.15) is 0 Å². The van der Waals surface area contributed by atoms with Crippen molar-refractivity contribution in [2.75, 3.05) is 46.7 Å². The van der Waals surface area contributed by atoms with Gasteiger partial charge in [0.25, 0.3) is 11.7 Å². The number of rotatable bonds is 13. The molecule has 0 spiro atoms. The van der Waals surface area contributed by atoms with Gasteiger partial charge in [-0.15, -0.1) is 0 Å². The lowest BCUT2D eigenvalue weighted by atomic mass is 9.94. The summed E-state index contributed by atoms with van der Waals surface area (Å²) in [5.74, 6) is 0.455. The largest absolute Gasteiger partial charge is 0.507 e. The lowest BCUT2D eigenvalue weighted by molar-refractivity contribution is -0.140. The van der Waals surface area contributed by atoms with E-state index < -0.39 is 17.7 Å². The fourth-order valence-corrected chi connectivity index (χ4v) is 4.80. The first-order valence-electron chi connectivity index (χ1n) is 13.6. The van der Waals surface area contributed by atoms with E-state index >= 15 is 0 Å². The molecule has 9 nitrogen and oxygen atoms in total. The Morgan fingerprint density at radius 2 is 1.74 bits per heavy atom. The van der Waals surface area contributed by atoms with E-state index in [1.54, 1.807) is 37.4 Å². The van der Waals surface area contributed by atoms with Gasteiger partial charge in [0.1, 0.15) is 19.0 Å². The van der Waals surface area contributed by atoms with E-state index in [1.807, 2.05) is 13.0 Å². The zero-order valence-electron chi connectivity index (χ0n) is 22.9. The van der Waals surface area contributed by atoms with E-state index in [9.17, 15) is 14.7 Å². The molecule has 39 heavy (non-hydrogen) atoms. The second kappa shape index (κ2) is 13.4. The first kappa shape index (κ1) is 28.3. The predicted octanol–water partition coefficient (Wildman–Crippen LogP) is 4.88. The molecule has 9 heteroatoms. The van der Waals surface area contributed by atoms with Gasteiger partial charge in [0.05, 0.1) is 24.8 Å². The van der Waals surface area contributed by atoms with Crippen LogP contribution in [0.15, 0.2) is 42.0 Å². The predicted molar refractivity (Wildman–Crippen MR) is 146 cm³/mol. The lowest BCUT2D eigenvalue weighted by Gasteiger charge is -2.26. The maximum absolute atomic E-state index is 13.4. The van der Waals surface area contributed by atoms with Crippen LogP contribution in [0.1, 0.15) is 56.7 Å². The smallest absolute Gasteiger partial charge is 0.295 e. The van der Waals surface area contributed by atoms with Crippen molar-refractivity contribution in [1.29, 1.82) is 0 Å². The number of nitrogens with zero attached hydrogens (tertiary/aromatic N) is 1. The van der Waals surface area contributed by atoms with E-state index in [4.69, 9.17) is 23.7 Å². The third-order valence-corrected chi connectivity index (χ3v) is 6.69. The average molecular weight is 540 g/mol. The van der Waals surface area contributed by atoms with E-state index in [0.717, 1.165) is 19.3 Å². The molecule has 210 valence electrons. The van der Waals surface area contributed by atoms with Gasteiger partial charge in [-0.1, -0.05) is 25.8 Å². The fourth-order valence-electron chi connectivity index (χ4n) is 4.80. The topological polar surface area (TPSA) is 104 Å². The number of hydrogen-bond acceptors (Lipinski definition) is 8. The van der Waals surface area contributed by atoms with Gasteiger partial charge < -0.3 is 33.7 Å². The summed E-state index contributed by atoms with van der Waals surface area (Å²) in [4.78, 5) is 28.1. The maximum Gasteiger partial charge on any atom is 0.295 e. The summed E-state index contributed by atoms with van der Waals surface area (Å²) in [5, 5.41) is 11.4. The molecule has 1 unspecified atom stereocenters. The molecule has 1 amide bonds.